The molecule has 0 aromatic carbocycles. The van der Waals surface area contributed by atoms with Crippen LogP contribution < -0.4 is 5.73 Å². The number of ether oxygens (including phenoxy) is 2. The molecule has 6 heteroatoms. The summed E-state index contributed by atoms with van der Waals surface area (Å²) in [5.41, 5.74) is 5.26. The minimum atomic E-state index is -0.744. The maximum absolute atomic E-state index is 5.26. The summed E-state index contributed by atoms with van der Waals surface area (Å²) in [7, 11) is 3.07. The summed E-state index contributed by atoms with van der Waals surface area (Å²) in [5, 5.41) is -0.744. The Labute approximate surface area is 98.7 Å². The molecule has 0 spiro atoms. The Morgan fingerprint density at radius 3 is 1.91 bits per heavy atom. The summed E-state index contributed by atoms with van der Waals surface area (Å²) in [4.78, 5) is 0. The van der Waals surface area contributed by atoms with E-state index >= 15 is 0 Å². The zero-order chi connectivity index (χ0) is 8.20. The molecule has 0 aliphatic rings. The third-order valence-corrected chi connectivity index (χ3v) is 2.18. The first-order valence-corrected chi connectivity index (χ1v) is 3.85. The Bertz CT molecular complexity index is 130. The second kappa shape index (κ2) is 6.65. The van der Waals surface area contributed by atoms with Crippen molar-refractivity contribution in [3.63, 3.8) is 0 Å². The van der Waals surface area contributed by atoms with E-state index in [1.165, 1.54) is 26.0 Å². The average molecular weight is 205 g/mol. The number of hydrogen-bond acceptors (Lipinski definition) is 4. The van der Waals surface area contributed by atoms with Crippen LogP contribution in [0.5, 0.6) is 0 Å². The monoisotopic (exact) mass is 205 g/mol. The van der Waals surface area contributed by atoms with E-state index in [0.29, 0.717) is 4.32 Å². The van der Waals surface area contributed by atoms with Crippen LogP contribution >= 0.6 is 24.0 Å². The van der Waals surface area contributed by atoms with Gasteiger partial charge in [0, 0.05) is 21.1 Å². The molecule has 62 valence electrons. The minimum absolute atomic E-state index is 0. The molecule has 0 aromatic heterocycles. The van der Waals surface area contributed by atoms with Crippen LogP contribution in [0.4, 0.5) is 0 Å². The normalized spacial score (nSPS) is 10.5. The quantitative estimate of drug-likeness (QED) is 0.407. The molecule has 0 amide bonds. The first kappa shape index (κ1) is 14.7. The zero-order valence-electron chi connectivity index (χ0n) is 6.21. The summed E-state index contributed by atoms with van der Waals surface area (Å²) in [6.45, 7) is 1.75. The summed E-state index contributed by atoms with van der Waals surface area (Å²) in [6.07, 6.45) is 0. The zero-order valence-corrected chi connectivity index (χ0v) is 7.84. The van der Waals surface area contributed by atoms with E-state index in [9.17, 15) is 0 Å². The third-order valence-electron chi connectivity index (χ3n) is 1.03. The van der Waals surface area contributed by atoms with Crippen molar-refractivity contribution in [2.24, 2.45) is 5.73 Å². The van der Waals surface area contributed by atoms with E-state index in [1.54, 1.807) is 6.92 Å². The Kier molecular flexibility index (Phi) is 8.87. The fraction of sp³-hybridized carbons (Fsp3) is 0.800. The summed E-state index contributed by atoms with van der Waals surface area (Å²) in [5.74, 6) is 0. The summed E-state index contributed by atoms with van der Waals surface area (Å²) < 4.78 is 10.3. The molecule has 0 bridgehead atoms. The second-order valence-electron chi connectivity index (χ2n) is 1.69. The molecule has 0 fully saturated rings. The summed E-state index contributed by atoms with van der Waals surface area (Å²) >= 11 is 5.82. The molecule has 0 rings (SSSR count). The molecule has 0 aliphatic carbocycles. The molecule has 3 nitrogen and oxygen atoms in total. The Hall–Kier alpha value is 1.16. The van der Waals surface area contributed by atoms with Crippen LogP contribution in [0, 0.1) is 0 Å². The van der Waals surface area contributed by atoms with Gasteiger partial charge < -0.3 is 15.2 Å². The third kappa shape index (κ3) is 6.33. The molecule has 0 saturated heterocycles. The Balaban J connectivity index is 0. The van der Waals surface area contributed by atoms with E-state index in [-0.39, 0.29) is 29.6 Å². The SMILES string of the molecule is COC(C)(OC)SC(N)=S.[NaH]. The van der Waals surface area contributed by atoms with Gasteiger partial charge in [0.1, 0.15) is 4.32 Å². The van der Waals surface area contributed by atoms with Crippen molar-refractivity contribution < 1.29 is 9.47 Å². The number of hydrogen-bond donors (Lipinski definition) is 1. The molecule has 0 unspecified atom stereocenters. The van der Waals surface area contributed by atoms with Crippen LogP contribution in [0.25, 0.3) is 0 Å². The van der Waals surface area contributed by atoms with E-state index in [0.717, 1.165) is 0 Å². The predicted octanol–water partition coefficient (Wildman–Crippen LogP) is 0.281. The number of rotatable bonds is 3. The van der Waals surface area contributed by atoms with Gasteiger partial charge in [0.25, 0.3) is 0 Å². The van der Waals surface area contributed by atoms with Crippen molar-refractivity contribution in [2.45, 2.75) is 12.0 Å². The molecule has 11 heavy (non-hydrogen) atoms. The predicted molar refractivity (Wildman–Crippen MR) is 53.9 cm³/mol. The van der Waals surface area contributed by atoms with E-state index in [1.807, 2.05) is 0 Å². The fourth-order valence-electron chi connectivity index (χ4n) is 0.349. The molecule has 0 heterocycles. The van der Waals surface area contributed by atoms with Gasteiger partial charge in [-0.25, -0.2) is 0 Å². The van der Waals surface area contributed by atoms with Gasteiger partial charge in [-0.1, -0.05) is 12.2 Å². The van der Waals surface area contributed by atoms with Gasteiger partial charge in [0.05, 0.1) is 0 Å². The van der Waals surface area contributed by atoms with Crippen LogP contribution in [-0.2, 0) is 9.47 Å². The molecule has 0 aliphatic heterocycles. The Morgan fingerprint density at radius 2 is 1.82 bits per heavy atom. The van der Waals surface area contributed by atoms with E-state index in [4.69, 9.17) is 15.2 Å². The second-order valence-corrected chi connectivity index (χ2v) is 3.78. The van der Waals surface area contributed by atoms with Crippen molar-refractivity contribution in [3.8, 4) is 0 Å². The first-order valence-electron chi connectivity index (χ1n) is 2.63. The molecular formula is C5H12NNaO2S2. The van der Waals surface area contributed by atoms with Crippen LogP contribution in [0.2, 0.25) is 0 Å². The van der Waals surface area contributed by atoms with Crippen molar-refractivity contribution in [2.75, 3.05) is 14.2 Å². The van der Waals surface area contributed by atoms with Gasteiger partial charge in [0.2, 0.25) is 5.12 Å². The van der Waals surface area contributed by atoms with E-state index < -0.39 is 5.12 Å². The standard InChI is InChI=1S/C5H11NO2S2.Na.H/c1-5(7-2,8-3)10-4(6)9;;/h1-3H3,(H2,6,9);;. The maximum atomic E-state index is 5.26. The van der Waals surface area contributed by atoms with Gasteiger partial charge in [-0.05, 0) is 11.8 Å². The first-order chi connectivity index (χ1) is 4.54. The molecule has 0 radical (unpaired) electrons. The van der Waals surface area contributed by atoms with Gasteiger partial charge in [-0.2, -0.15) is 0 Å². The number of thioether (sulfide) groups is 1. The topological polar surface area (TPSA) is 44.5 Å². The average Bonchev–Trinajstić information content (AvgIpc) is 1.87. The van der Waals surface area contributed by atoms with Gasteiger partial charge in [-0.15, -0.1) is 0 Å². The van der Waals surface area contributed by atoms with Crippen LogP contribution in [0.3, 0.4) is 0 Å². The van der Waals surface area contributed by atoms with Gasteiger partial charge >= 0.3 is 29.6 Å². The van der Waals surface area contributed by atoms with Gasteiger partial charge in [0.15, 0.2) is 0 Å². The van der Waals surface area contributed by atoms with E-state index in [2.05, 4.69) is 12.2 Å². The molecule has 2 N–H and O–H groups in total. The van der Waals surface area contributed by atoms with Crippen LogP contribution in [0.1, 0.15) is 6.92 Å². The molecular weight excluding hydrogens is 193 g/mol. The molecule has 0 atom stereocenters. The number of thiocarbonyl (C=S) groups is 1. The molecule has 0 aromatic rings. The van der Waals surface area contributed by atoms with Crippen molar-refractivity contribution >= 4 is 57.9 Å². The van der Waals surface area contributed by atoms with Crippen molar-refractivity contribution in [3.05, 3.63) is 0 Å². The van der Waals surface area contributed by atoms with Crippen LogP contribution in [-0.4, -0.2) is 53.2 Å². The van der Waals surface area contributed by atoms with Gasteiger partial charge in [-0.3, -0.25) is 0 Å². The number of nitrogens with two attached hydrogens (primary N) is 1. The summed E-state index contributed by atoms with van der Waals surface area (Å²) in [6, 6.07) is 0. The Morgan fingerprint density at radius 1 is 1.45 bits per heavy atom. The van der Waals surface area contributed by atoms with Crippen LogP contribution in [0.15, 0.2) is 0 Å². The fourth-order valence-corrected chi connectivity index (χ4v) is 1.34. The van der Waals surface area contributed by atoms with Crippen molar-refractivity contribution in [1.29, 1.82) is 0 Å². The van der Waals surface area contributed by atoms with Crippen molar-refractivity contribution in [1.82, 2.24) is 0 Å². The number of methoxy groups -OCH3 is 2. The molecule has 0 saturated carbocycles.